The highest BCUT2D eigenvalue weighted by Gasteiger charge is 2.04. The normalized spacial score (nSPS) is 10.1. The van der Waals surface area contributed by atoms with Crippen LogP contribution in [-0.2, 0) is 10.5 Å². The molecule has 0 bridgehead atoms. The summed E-state index contributed by atoms with van der Waals surface area (Å²) in [6, 6.07) is 18.1. The molecule has 0 unspecified atom stereocenters. The molecule has 0 aliphatic rings. The van der Waals surface area contributed by atoms with Crippen LogP contribution in [0.4, 0.5) is 0 Å². The molecule has 0 saturated carbocycles. The second-order valence-electron chi connectivity index (χ2n) is 5.30. The summed E-state index contributed by atoms with van der Waals surface area (Å²) >= 11 is 1.79. The maximum absolute atomic E-state index is 12.1. The molecule has 136 valence electrons. The standard InChI is InChI=1S/C19H24N2O2S.ClH/c1-23-14-13-20-11-12-21-19(22)17-9-7-16(8-10-17)15-24-18-5-3-2-4-6-18;/h2-10,20H,11-15H2,1H3,(H,21,22);1H. The molecule has 4 nitrogen and oxygen atoms in total. The van der Waals surface area contributed by atoms with Crippen molar-refractivity contribution in [1.82, 2.24) is 10.6 Å². The Morgan fingerprint density at radius 1 is 1.00 bits per heavy atom. The number of carbonyl (C=O) groups is 1. The fourth-order valence-electron chi connectivity index (χ4n) is 2.10. The second-order valence-corrected chi connectivity index (χ2v) is 6.35. The average Bonchev–Trinajstić information content (AvgIpc) is 2.64. The van der Waals surface area contributed by atoms with Crippen molar-refractivity contribution in [3.63, 3.8) is 0 Å². The number of hydrogen-bond donors (Lipinski definition) is 2. The summed E-state index contributed by atoms with van der Waals surface area (Å²) in [5.74, 6) is 0.862. The molecule has 2 aromatic rings. The number of hydrogen-bond acceptors (Lipinski definition) is 4. The van der Waals surface area contributed by atoms with Gasteiger partial charge in [0.2, 0.25) is 0 Å². The fraction of sp³-hybridized carbons (Fsp3) is 0.316. The zero-order valence-corrected chi connectivity index (χ0v) is 16.0. The lowest BCUT2D eigenvalue weighted by Gasteiger charge is -2.07. The zero-order valence-electron chi connectivity index (χ0n) is 14.4. The van der Waals surface area contributed by atoms with Crippen molar-refractivity contribution < 1.29 is 9.53 Å². The number of carbonyl (C=O) groups excluding carboxylic acids is 1. The number of methoxy groups -OCH3 is 1. The highest BCUT2D eigenvalue weighted by atomic mass is 35.5. The van der Waals surface area contributed by atoms with Gasteiger partial charge in [-0.1, -0.05) is 30.3 Å². The Morgan fingerprint density at radius 2 is 1.72 bits per heavy atom. The maximum atomic E-state index is 12.1. The smallest absolute Gasteiger partial charge is 0.251 e. The van der Waals surface area contributed by atoms with E-state index in [1.54, 1.807) is 18.9 Å². The van der Waals surface area contributed by atoms with Crippen LogP contribution in [0.5, 0.6) is 0 Å². The van der Waals surface area contributed by atoms with Crippen LogP contribution in [0.25, 0.3) is 0 Å². The van der Waals surface area contributed by atoms with Crippen molar-refractivity contribution in [3.8, 4) is 0 Å². The van der Waals surface area contributed by atoms with Crippen LogP contribution in [0.15, 0.2) is 59.5 Å². The molecular weight excluding hydrogens is 356 g/mol. The van der Waals surface area contributed by atoms with Crippen LogP contribution in [0.1, 0.15) is 15.9 Å². The Labute approximate surface area is 160 Å². The molecule has 0 spiro atoms. The topological polar surface area (TPSA) is 50.4 Å². The van der Waals surface area contributed by atoms with E-state index in [0.717, 1.165) is 18.8 Å². The number of ether oxygens (including phenoxy) is 1. The monoisotopic (exact) mass is 380 g/mol. The van der Waals surface area contributed by atoms with Gasteiger partial charge in [0.15, 0.2) is 0 Å². The molecule has 0 aliphatic carbocycles. The van der Waals surface area contributed by atoms with E-state index in [4.69, 9.17) is 4.74 Å². The van der Waals surface area contributed by atoms with Gasteiger partial charge in [-0.2, -0.15) is 0 Å². The van der Waals surface area contributed by atoms with Crippen molar-refractivity contribution in [1.29, 1.82) is 0 Å². The number of halogens is 1. The highest BCUT2D eigenvalue weighted by Crippen LogP contribution is 2.22. The van der Waals surface area contributed by atoms with Crippen LogP contribution in [0.2, 0.25) is 0 Å². The second kappa shape index (κ2) is 12.8. The molecule has 0 fully saturated rings. The van der Waals surface area contributed by atoms with Crippen molar-refractivity contribution in [3.05, 3.63) is 65.7 Å². The molecular formula is C19H25ClN2O2S. The van der Waals surface area contributed by atoms with Crippen LogP contribution < -0.4 is 10.6 Å². The Bertz CT molecular complexity index is 609. The van der Waals surface area contributed by atoms with Gasteiger partial charge in [-0.3, -0.25) is 4.79 Å². The van der Waals surface area contributed by atoms with E-state index in [0.29, 0.717) is 18.7 Å². The molecule has 2 N–H and O–H groups in total. The summed E-state index contributed by atoms with van der Waals surface area (Å²) in [7, 11) is 1.67. The van der Waals surface area contributed by atoms with Gasteiger partial charge in [-0.25, -0.2) is 0 Å². The van der Waals surface area contributed by atoms with Gasteiger partial charge >= 0.3 is 0 Å². The summed E-state index contributed by atoms with van der Waals surface area (Å²) in [5.41, 5.74) is 1.90. The van der Waals surface area contributed by atoms with Crippen LogP contribution in [0, 0.1) is 0 Å². The minimum absolute atomic E-state index is 0. The molecule has 0 aliphatic heterocycles. The minimum atomic E-state index is -0.0363. The molecule has 1 amide bonds. The lowest BCUT2D eigenvalue weighted by molar-refractivity contribution is 0.0953. The molecule has 25 heavy (non-hydrogen) atoms. The molecule has 2 aromatic carbocycles. The van der Waals surface area contributed by atoms with E-state index in [-0.39, 0.29) is 18.3 Å². The summed E-state index contributed by atoms with van der Waals surface area (Å²) in [5, 5.41) is 6.10. The van der Waals surface area contributed by atoms with E-state index in [9.17, 15) is 4.79 Å². The van der Waals surface area contributed by atoms with E-state index in [1.165, 1.54) is 10.5 Å². The van der Waals surface area contributed by atoms with Gasteiger partial charge < -0.3 is 15.4 Å². The lowest BCUT2D eigenvalue weighted by Crippen LogP contribution is -2.33. The Hall–Kier alpha value is -1.53. The van der Waals surface area contributed by atoms with Crippen molar-refractivity contribution >= 4 is 30.1 Å². The summed E-state index contributed by atoms with van der Waals surface area (Å²) in [6.07, 6.45) is 0. The molecule has 0 saturated heterocycles. The van der Waals surface area contributed by atoms with Crippen LogP contribution >= 0.6 is 24.2 Å². The van der Waals surface area contributed by atoms with Gasteiger partial charge in [-0.15, -0.1) is 24.2 Å². The predicted molar refractivity (Wildman–Crippen MR) is 107 cm³/mol. The molecule has 0 heterocycles. The first-order chi connectivity index (χ1) is 11.8. The molecule has 0 radical (unpaired) electrons. The number of amides is 1. The third-order valence-corrected chi connectivity index (χ3v) is 4.52. The molecule has 0 atom stereocenters. The zero-order chi connectivity index (χ0) is 17.0. The van der Waals surface area contributed by atoms with E-state index >= 15 is 0 Å². The SMILES string of the molecule is COCCNCCNC(=O)c1ccc(CSc2ccccc2)cc1.Cl. The molecule has 6 heteroatoms. The lowest BCUT2D eigenvalue weighted by atomic mass is 10.1. The molecule has 2 rings (SSSR count). The Balaban J connectivity index is 0.00000312. The third-order valence-electron chi connectivity index (χ3n) is 3.44. The quantitative estimate of drug-likeness (QED) is 0.490. The van der Waals surface area contributed by atoms with E-state index in [2.05, 4.69) is 22.8 Å². The Kier molecular flexibility index (Phi) is 11.0. The number of rotatable bonds is 10. The van der Waals surface area contributed by atoms with Crippen molar-refractivity contribution in [2.45, 2.75) is 10.6 Å². The third kappa shape index (κ3) is 8.40. The van der Waals surface area contributed by atoms with Gasteiger partial charge in [0, 0.05) is 43.0 Å². The first kappa shape index (κ1) is 21.5. The first-order valence-electron chi connectivity index (χ1n) is 8.04. The summed E-state index contributed by atoms with van der Waals surface area (Å²) in [4.78, 5) is 13.3. The van der Waals surface area contributed by atoms with Gasteiger partial charge in [-0.05, 0) is 29.8 Å². The minimum Gasteiger partial charge on any atom is -0.383 e. The summed E-state index contributed by atoms with van der Waals surface area (Å²) < 4.78 is 4.95. The van der Waals surface area contributed by atoms with Gasteiger partial charge in [0.25, 0.3) is 5.91 Å². The number of benzene rings is 2. The van der Waals surface area contributed by atoms with Crippen LogP contribution in [0.3, 0.4) is 0 Å². The first-order valence-corrected chi connectivity index (χ1v) is 9.03. The van der Waals surface area contributed by atoms with Crippen molar-refractivity contribution in [2.24, 2.45) is 0 Å². The molecule has 0 aromatic heterocycles. The predicted octanol–water partition coefficient (Wildman–Crippen LogP) is 3.37. The van der Waals surface area contributed by atoms with Crippen molar-refractivity contribution in [2.75, 3.05) is 33.4 Å². The summed E-state index contributed by atoms with van der Waals surface area (Å²) in [6.45, 7) is 2.81. The van der Waals surface area contributed by atoms with E-state index < -0.39 is 0 Å². The van der Waals surface area contributed by atoms with Gasteiger partial charge in [0.05, 0.1) is 6.61 Å². The number of nitrogens with one attached hydrogen (secondary N) is 2. The average molecular weight is 381 g/mol. The van der Waals surface area contributed by atoms with Crippen LogP contribution in [-0.4, -0.2) is 39.3 Å². The maximum Gasteiger partial charge on any atom is 0.251 e. The highest BCUT2D eigenvalue weighted by molar-refractivity contribution is 7.98. The van der Waals surface area contributed by atoms with E-state index in [1.807, 2.05) is 42.5 Å². The Morgan fingerprint density at radius 3 is 2.40 bits per heavy atom. The fourth-order valence-corrected chi connectivity index (χ4v) is 2.98. The largest absolute Gasteiger partial charge is 0.383 e. The number of thioether (sulfide) groups is 1. The van der Waals surface area contributed by atoms with Gasteiger partial charge in [0.1, 0.15) is 0 Å².